The molecule has 0 saturated heterocycles. The Morgan fingerprint density at radius 2 is 1.94 bits per heavy atom. The Morgan fingerprint density at radius 3 is 2.65 bits per heavy atom. The highest BCUT2D eigenvalue weighted by molar-refractivity contribution is 6.07. The maximum Gasteiger partial charge on any atom is 0.249 e. The van der Waals surface area contributed by atoms with Crippen molar-refractivity contribution in [1.82, 2.24) is 0 Å². The van der Waals surface area contributed by atoms with Gasteiger partial charge in [-0.3, -0.25) is 4.79 Å². The van der Waals surface area contributed by atoms with Crippen molar-refractivity contribution in [1.29, 1.82) is 0 Å². The van der Waals surface area contributed by atoms with Crippen LogP contribution < -0.4 is 5.73 Å². The summed E-state index contributed by atoms with van der Waals surface area (Å²) in [4.78, 5) is 11.6. The van der Waals surface area contributed by atoms with Crippen molar-refractivity contribution in [2.45, 2.75) is 12.8 Å². The molecule has 0 aliphatic heterocycles. The van der Waals surface area contributed by atoms with E-state index < -0.39 is 5.91 Å². The van der Waals surface area contributed by atoms with Gasteiger partial charge in [0.2, 0.25) is 5.91 Å². The maximum atomic E-state index is 11.6. The van der Waals surface area contributed by atoms with Crippen molar-refractivity contribution in [3.8, 4) is 0 Å². The second-order valence-corrected chi connectivity index (χ2v) is 4.01. The van der Waals surface area contributed by atoms with Crippen molar-refractivity contribution in [3.05, 3.63) is 47.5 Å². The summed E-state index contributed by atoms with van der Waals surface area (Å²) in [5.41, 5.74) is 6.94. The molecule has 88 valence electrons. The summed E-state index contributed by atoms with van der Waals surface area (Å²) < 4.78 is 0. The molecule has 2 aromatic carbocycles. The van der Waals surface area contributed by atoms with Gasteiger partial charge in [0.25, 0.3) is 0 Å². The highest BCUT2D eigenvalue weighted by Crippen LogP contribution is 2.23. The van der Waals surface area contributed by atoms with Crippen molar-refractivity contribution >= 4 is 16.7 Å². The first-order valence-electron chi connectivity index (χ1n) is 5.65. The molecule has 2 aromatic rings. The minimum Gasteiger partial charge on any atom is -0.396 e. The second-order valence-electron chi connectivity index (χ2n) is 4.01. The van der Waals surface area contributed by atoms with Gasteiger partial charge in [-0.15, -0.1) is 0 Å². The van der Waals surface area contributed by atoms with Crippen LogP contribution in [0.15, 0.2) is 36.4 Å². The number of aryl methyl sites for hydroxylation is 1. The predicted molar refractivity (Wildman–Crippen MR) is 67.9 cm³/mol. The van der Waals surface area contributed by atoms with Crippen LogP contribution in [0.2, 0.25) is 0 Å². The van der Waals surface area contributed by atoms with Crippen LogP contribution in [0.25, 0.3) is 10.8 Å². The van der Waals surface area contributed by atoms with E-state index in [0.717, 1.165) is 16.3 Å². The number of carbonyl (C=O) groups is 1. The molecule has 0 unspecified atom stereocenters. The highest BCUT2D eigenvalue weighted by atomic mass is 16.2. The Morgan fingerprint density at radius 1 is 1.18 bits per heavy atom. The zero-order chi connectivity index (χ0) is 12.3. The molecule has 0 aliphatic rings. The fourth-order valence-corrected chi connectivity index (χ4v) is 2.09. The number of nitrogens with two attached hydrogens (primary N) is 1. The first kappa shape index (κ1) is 11.6. The topological polar surface area (TPSA) is 63.3 Å². The molecule has 2 rings (SSSR count). The summed E-state index contributed by atoms with van der Waals surface area (Å²) >= 11 is 0. The summed E-state index contributed by atoms with van der Waals surface area (Å²) in [6.45, 7) is 0.116. The number of fused-ring (bicyclic) bond motifs is 1. The Labute approximate surface area is 99.9 Å². The minimum atomic E-state index is -0.408. The third-order valence-corrected chi connectivity index (χ3v) is 2.87. The zero-order valence-electron chi connectivity index (χ0n) is 9.52. The molecule has 3 heteroatoms. The molecule has 0 spiro atoms. The standard InChI is InChI=1S/C14H15NO2/c15-14(17)13-11(5-3-9-16)8-7-10-4-1-2-6-12(10)13/h1-2,4,6-8,16H,3,5,9H2,(H2,15,17). The van der Waals surface area contributed by atoms with Crippen LogP contribution in [0.1, 0.15) is 22.3 Å². The van der Waals surface area contributed by atoms with Crippen molar-refractivity contribution < 1.29 is 9.90 Å². The van der Waals surface area contributed by atoms with Crippen LogP contribution in [0.3, 0.4) is 0 Å². The maximum absolute atomic E-state index is 11.6. The molecule has 0 saturated carbocycles. The van der Waals surface area contributed by atoms with Gasteiger partial charge in [0.1, 0.15) is 0 Å². The molecule has 3 N–H and O–H groups in total. The molecule has 0 heterocycles. The van der Waals surface area contributed by atoms with Crippen molar-refractivity contribution in [2.24, 2.45) is 5.73 Å². The van der Waals surface area contributed by atoms with Crippen molar-refractivity contribution in [2.75, 3.05) is 6.61 Å². The van der Waals surface area contributed by atoms with Crippen molar-refractivity contribution in [3.63, 3.8) is 0 Å². The lowest BCUT2D eigenvalue weighted by Crippen LogP contribution is -2.14. The van der Waals surface area contributed by atoms with Crippen LogP contribution >= 0.6 is 0 Å². The lowest BCUT2D eigenvalue weighted by molar-refractivity contribution is 0.100. The first-order valence-corrected chi connectivity index (χ1v) is 5.65. The zero-order valence-corrected chi connectivity index (χ0v) is 9.52. The van der Waals surface area contributed by atoms with Gasteiger partial charge in [0.05, 0.1) is 5.56 Å². The Balaban J connectivity index is 2.60. The number of primary amides is 1. The number of aliphatic hydroxyl groups is 1. The van der Waals surface area contributed by atoms with E-state index in [0.29, 0.717) is 18.4 Å². The number of hydrogen-bond donors (Lipinski definition) is 2. The Bertz CT molecular complexity index is 549. The SMILES string of the molecule is NC(=O)c1c(CCCO)ccc2ccccc12. The van der Waals surface area contributed by atoms with Gasteiger partial charge in [-0.1, -0.05) is 36.4 Å². The fourth-order valence-electron chi connectivity index (χ4n) is 2.09. The number of hydrogen-bond acceptors (Lipinski definition) is 2. The van der Waals surface area contributed by atoms with E-state index in [1.54, 1.807) is 0 Å². The van der Waals surface area contributed by atoms with Crippen LogP contribution in [0, 0.1) is 0 Å². The monoisotopic (exact) mass is 229 g/mol. The predicted octanol–water partition coefficient (Wildman–Crippen LogP) is 1.86. The van der Waals surface area contributed by atoms with Gasteiger partial charge in [-0.25, -0.2) is 0 Å². The largest absolute Gasteiger partial charge is 0.396 e. The molecule has 0 radical (unpaired) electrons. The van der Waals surface area contributed by atoms with Crippen LogP contribution in [-0.4, -0.2) is 17.6 Å². The summed E-state index contributed by atoms with van der Waals surface area (Å²) in [5, 5.41) is 10.7. The molecular formula is C14H15NO2. The Hall–Kier alpha value is -1.87. The molecule has 3 nitrogen and oxygen atoms in total. The fraction of sp³-hybridized carbons (Fsp3) is 0.214. The first-order chi connectivity index (χ1) is 8.24. The van der Waals surface area contributed by atoms with Gasteiger partial charge < -0.3 is 10.8 Å². The van der Waals surface area contributed by atoms with Gasteiger partial charge in [0, 0.05) is 6.61 Å². The quantitative estimate of drug-likeness (QED) is 0.840. The molecule has 17 heavy (non-hydrogen) atoms. The average Bonchev–Trinajstić information content (AvgIpc) is 2.35. The minimum absolute atomic E-state index is 0.116. The van der Waals surface area contributed by atoms with Gasteiger partial charge in [-0.2, -0.15) is 0 Å². The third kappa shape index (κ3) is 2.29. The number of rotatable bonds is 4. The molecule has 0 aromatic heterocycles. The molecular weight excluding hydrogens is 214 g/mol. The lowest BCUT2D eigenvalue weighted by Gasteiger charge is -2.09. The number of carbonyl (C=O) groups excluding carboxylic acids is 1. The van der Waals surface area contributed by atoms with Gasteiger partial charge >= 0.3 is 0 Å². The third-order valence-electron chi connectivity index (χ3n) is 2.87. The summed E-state index contributed by atoms with van der Waals surface area (Å²) in [6.07, 6.45) is 1.30. The summed E-state index contributed by atoms with van der Waals surface area (Å²) in [5.74, 6) is -0.408. The van der Waals surface area contributed by atoms with E-state index in [1.165, 1.54) is 0 Å². The molecule has 0 atom stereocenters. The van der Waals surface area contributed by atoms with Gasteiger partial charge in [0.15, 0.2) is 0 Å². The molecule has 0 aliphatic carbocycles. The highest BCUT2D eigenvalue weighted by Gasteiger charge is 2.11. The van der Waals surface area contributed by atoms with Gasteiger partial charge in [-0.05, 0) is 29.2 Å². The molecule has 0 fully saturated rings. The number of amides is 1. The normalized spacial score (nSPS) is 10.6. The summed E-state index contributed by atoms with van der Waals surface area (Å²) in [7, 11) is 0. The summed E-state index contributed by atoms with van der Waals surface area (Å²) in [6, 6.07) is 11.6. The van der Waals surface area contributed by atoms with Crippen LogP contribution in [0.5, 0.6) is 0 Å². The van der Waals surface area contributed by atoms with Crippen LogP contribution in [-0.2, 0) is 6.42 Å². The lowest BCUT2D eigenvalue weighted by atomic mass is 9.96. The second kappa shape index (κ2) is 4.97. The van der Waals surface area contributed by atoms with E-state index in [1.807, 2.05) is 36.4 Å². The Kier molecular flexibility index (Phi) is 3.40. The van der Waals surface area contributed by atoms with E-state index in [9.17, 15) is 4.79 Å². The molecule has 0 bridgehead atoms. The molecule has 1 amide bonds. The number of benzene rings is 2. The van der Waals surface area contributed by atoms with E-state index >= 15 is 0 Å². The van der Waals surface area contributed by atoms with E-state index in [2.05, 4.69) is 0 Å². The number of aliphatic hydroxyl groups excluding tert-OH is 1. The van der Waals surface area contributed by atoms with E-state index in [-0.39, 0.29) is 6.61 Å². The van der Waals surface area contributed by atoms with E-state index in [4.69, 9.17) is 10.8 Å². The van der Waals surface area contributed by atoms with Crippen LogP contribution in [0.4, 0.5) is 0 Å². The average molecular weight is 229 g/mol. The smallest absolute Gasteiger partial charge is 0.249 e.